The first-order valence-electron chi connectivity index (χ1n) is 8.46. The van der Waals surface area contributed by atoms with Crippen molar-refractivity contribution in [3.63, 3.8) is 0 Å². The highest BCUT2D eigenvalue weighted by Gasteiger charge is 2.25. The van der Waals surface area contributed by atoms with Crippen molar-refractivity contribution in [2.45, 2.75) is 32.4 Å². The van der Waals surface area contributed by atoms with E-state index in [1.807, 2.05) is 18.2 Å². The fourth-order valence-electron chi connectivity index (χ4n) is 2.80. The van der Waals surface area contributed by atoms with Crippen LogP contribution in [-0.4, -0.2) is 56.3 Å². The molecule has 25 heavy (non-hydrogen) atoms. The van der Waals surface area contributed by atoms with Gasteiger partial charge in [0.15, 0.2) is 5.96 Å². The molecule has 0 spiro atoms. The summed E-state index contributed by atoms with van der Waals surface area (Å²) in [6, 6.07) is 8.24. The van der Waals surface area contributed by atoms with Crippen molar-refractivity contribution in [1.82, 2.24) is 15.5 Å². The molecular weight excluding hydrogens is 451 g/mol. The van der Waals surface area contributed by atoms with Crippen LogP contribution >= 0.6 is 35.6 Å². The molecule has 0 bridgehead atoms. The Morgan fingerprint density at radius 3 is 2.48 bits per heavy atom. The Balaban J connectivity index is 0.00000312. The molecule has 1 aromatic carbocycles. The first-order valence-corrected chi connectivity index (χ1v) is 8.83. The van der Waals surface area contributed by atoms with Crippen molar-refractivity contribution in [2.75, 3.05) is 39.9 Å². The van der Waals surface area contributed by atoms with E-state index in [2.05, 4.69) is 47.4 Å². The van der Waals surface area contributed by atoms with Crippen LogP contribution < -0.4 is 10.6 Å². The minimum absolute atomic E-state index is 0. The Labute approximate surface area is 173 Å². The molecule has 1 aromatic rings. The van der Waals surface area contributed by atoms with E-state index < -0.39 is 0 Å². The monoisotopic (exact) mass is 480 g/mol. The second kappa shape index (κ2) is 10.5. The minimum atomic E-state index is -0.0410. The summed E-state index contributed by atoms with van der Waals surface area (Å²) in [5.74, 6) is 0.799. The normalized spacial score (nSPS) is 17.6. The Morgan fingerprint density at radius 1 is 1.28 bits per heavy atom. The molecule has 1 fully saturated rings. The molecule has 142 valence electrons. The number of guanidine groups is 1. The van der Waals surface area contributed by atoms with E-state index in [0.29, 0.717) is 0 Å². The Morgan fingerprint density at radius 2 is 1.92 bits per heavy atom. The fraction of sp³-hybridized carbons (Fsp3) is 0.611. The molecule has 0 radical (unpaired) electrons. The predicted molar refractivity (Wildman–Crippen MR) is 116 cm³/mol. The third-order valence-corrected chi connectivity index (χ3v) is 4.27. The Kier molecular flexibility index (Phi) is 9.48. The molecule has 1 atom stereocenters. The van der Waals surface area contributed by atoms with Crippen LogP contribution in [0.25, 0.3) is 0 Å². The van der Waals surface area contributed by atoms with Crippen LogP contribution in [0.15, 0.2) is 29.3 Å². The summed E-state index contributed by atoms with van der Waals surface area (Å²) in [5, 5.41) is 7.64. The van der Waals surface area contributed by atoms with Crippen LogP contribution in [-0.2, 0) is 4.74 Å². The Hall–Kier alpha value is -0.570. The summed E-state index contributed by atoms with van der Waals surface area (Å²) in [7, 11) is 1.79. The minimum Gasteiger partial charge on any atom is -0.379 e. The summed E-state index contributed by atoms with van der Waals surface area (Å²) in [5.41, 5.74) is 1.10. The van der Waals surface area contributed by atoms with Crippen molar-refractivity contribution < 1.29 is 4.74 Å². The van der Waals surface area contributed by atoms with Crippen LogP contribution in [0, 0.1) is 0 Å². The lowest BCUT2D eigenvalue weighted by molar-refractivity contribution is 0.0170. The zero-order chi connectivity index (χ0) is 17.6. The molecule has 0 aliphatic carbocycles. The van der Waals surface area contributed by atoms with Gasteiger partial charge in [-0.25, -0.2) is 0 Å². The second-order valence-corrected chi connectivity index (χ2v) is 7.42. The average molecular weight is 481 g/mol. The number of morpholine rings is 1. The standard InChI is InChI=1S/C18H29ClN4O.HI/c1-18(2,3)22-17(20-4)21-13-16(23-9-11-24-12-10-23)14-7-5-6-8-15(14)19;/h5-8,16H,9-13H2,1-4H3,(H2,20,21,22);1H. The number of halogens is 2. The lowest BCUT2D eigenvalue weighted by atomic mass is 10.0. The molecule has 0 amide bonds. The van der Waals surface area contributed by atoms with Crippen molar-refractivity contribution >= 4 is 41.5 Å². The van der Waals surface area contributed by atoms with Gasteiger partial charge in [0.05, 0.1) is 19.3 Å². The van der Waals surface area contributed by atoms with Crippen molar-refractivity contribution in [1.29, 1.82) is 0 Å². The molecule has 1 heterocycles. The SMILES string of the molecule is CN=C(NCC(c1ccccc1Cl)N1CCOCC1)NC(C)(C)C.I. The largest absolute Gasteiger partial charge is 0.379 e. The number of aliphatic imine (C=N–C) groups is 1. The van der Waals surface area contributed by atoms with E-state index in [4.69, 9.17) is 16.3 Å². The Bertz CT molecular complexity index is 556. The van der Waals surface area contributed by atoms with Crippen LogP contribution in [0.5, 0.6) is 0 Å². The molecule has 1 aliphatic rings. The topological polar surface area (TPSA) is 48.9 Å². The first-order chi connectivity index (χ1) is 11.4. The number of benzene rings is 1. The number of nitrogens with zero attached hydrogens (tertiary/aromatic N) is 2. The van der Waals surface area contributed by atoms with Gasteiger partial charge in [-0.05, 0) is 32.4 Å². The van der Waals surface area contributed by atoms with Crippen LogP contribution in [0.1, 0.15) is 32.4 Å². The summed E-state index contributed by atoms with van der Waals surface area (Å²) in [6.07, 6.45) is 0. The molecule has 0 saturated carbocycles. The molecule has 5 nitrogen and oxygen atoms in total. The van der Waals surface area contributed by atoms with Crippen LogP contribution in [0.4, 0.5) is 0 Å². The number of nitrogens with one attached hydrogen (secondary N) is 2. The fourth-order valence-corrected chi connectivity index (χ4v) is 3.06. The van der Waals surface area contributed by atoms with Gasteiger partial charge in [0.25, 0.3) is 0 Å². The van der Waals surface area contributed by atoms with E-state index in [1.54, 1.807) is 7.05 Å². The number of rotatable bonds is 4. The van der Waals surface area contributed by atoms with E-state index >= 15 is 0 Å². The second-order valence-electron chi connectivity index (χ2n) is 7.01. The predicted octanol–water partition coefficient (Wildman–Crippen LogP) is 3.29. The maximum atomic E-state index is 6.46. The molecule has 0 aromatic heterocycles. The molecule has 1 unspecified atom stereocenters. The number of hydrogen-bond acceptors (Lipinski definition) is 3. The first kappa shape index (κ1) is 22.5. The molecule has 1 saturated heterocycles. The van der Waals surface area contributed by atoms with Gasteiger partial charge in [-0.3, -0.25) is 9.89 Å². The molecule has 2 N–H and O–H groups in total. The van der Waals surface area contributed by atoms with Crippen molar-refractivity contribution in [2.24, 2.45) is 4.99 Å². The maximum Gasteiger partial charge on any atom is 0.191 e. The molecule has 1 aliphatic heterocycles. The number of ether oxygens (including phenoxy) is 1. The highest BCUT2D eigenvalue weighted by Crippen LogP contribution is 2.27. The van der Waals surface area contributed by atoms with Gasteiger partial charge in [-0.1, -0.05) is 29.8 Å². The van der Waals surface area contributed by atoms with Gasteiger partial charge in [0, 0.05) is 37.2 Å². The third kappa shape index (κ3) is 7.29. The van der Waals surface area contributed by atoms with E-state index in [0.717, 1.165) is 49.4 Å². The van der Waals surface area contributed by atoms with Crippen molar-refractivity contribution in [3.05, 3.63) is 34.9 Å². The van der Waals surface area contributed by atoms with Gasteiger partial charge in [-0.2, -0.15) is 0 Å². The highest BCUT2D eigenvalue weighted by molar-refractivity contribution is 14.0. The summed E-state index contributed by atoms with van der Waals surface area (Å²) in [4.78, 5) is 6.74. The van der Waals surface area contributed by atoms with E-state index in [1.165, 1.54) is 0 Å². The van der Waals surface area contributed by atoms with Gasteiger partial charge >= 0.3 is 0 Å². The van der Waals surface area contributed by atoms with Gasteiger partial charge in [0.2, 0.25) is 0 Å². The summed E-state index contributed by atoms with van der Waals surface area (Å²) < 4.78 is 5.50. The van der Waals surface area contributed by atoms with E-state index in [-0.39, 0.29) is 35.6 Å². The van der Waals surface area contributed by atoms with Gasteiger partial charge in [0.1, 0.15) is 0 Å². The lowest BCUT2D eigenvalue weighted by Gasteiger charge is -2.36. The summed E-state index contributed by atoms with van der Waals surface area (Å²) >= 11 is 6.46. The van der Waals surface area contributed by atoms with Gasteiger partial charge < -0.3 is 15.4 Å². The van der Waals surface area contributed by atoms with Crippen molar-refractivity contribution in [3.8, 4) is 0 Å². The average Bonchev–Trinajstić information content (AvgIpc) is 2.55. The summed E-state index contributed by atoms with van der Waals surface area (Å²) in [6.45, 7) is 10.4. The highest BCUT2D eigenvalue weighted by atomic mass is 127. The zero-order valence-corrected chi connectivity index (χ0v) is 18.6. The molecule has 7 heteroatoms. The molecular formula is C18H30ClIN4O. The van der Waals surface area contributed by atoms with E-state index in [9.17, 15) is 0 Å². The maximum absolute atomic E-state index is 6.46. The molecule has 2 rings (SSSR count). The zero-order valence-electron chi connectivity index (χ0n) is 15.5. The smallest absolute Gasteiger partial charge is 0.191 e. The van der Waals surface area contributed by atoms with Crippen LogP contribution in [0.3, 0.4) is 0 Å². The quantitative estimate of drug-likeness (QED) is 0.394. The van der Waals surface area contributed by atoms with Crippen LogP contribution in [0.2, 0.25) is 5.02 Å². The number of hydrogen-bond donors (Lipinski definition) is 2. The lowest BCUT2D eigenvalue weighted by Crippen LogP contribution is -2.50. The van der Waals surface area contributed by atoms with Gasteiger partial charge in [-0.15, -0.1) is 24.0 Å². The third-order valence-electron chi connectivity index (χ3n) is 3.93.